The lowest BCUT2D eigenvalue weighted by Crippen LogP contribution is -2.22. The van der Waals surface area contributed by atoms with Gasteiger partial charge >= 0.3 is 11.9 Å². The van der Waals surface area contributed by atoms with Crippen LogP contribution in [-0.2, 0) is 30.3 Å². The second-order valence-corrected chi connectivity index (χ2v) is 8.39. The Morgan fingerprint density at radius 3 is 2.29 bits per heavy atom. The molecule has 0 fully saturated rings. The molecule has 0 atom stereocenters. The lowest BCUT2D eigenvalue weighted by molar-refractivity contribution is -0.147. The zero-order valence-corrected chi connectivity index (χ0v) is 20.9. The number of carbonyl (C=O) groups excluding carboxylic acids is 4. The average Bonchev–Trinajstić information content (AvgIpc) is 2.83. The second kappa shape index (κ2) is 14.1. The SMILES string of the molecule is CCCCOC(=O)c1ccc(NC(=O)CCC(=O)OCC(=O)Nc2ccc(Br)cc2CC)cc1. The van der Waals surface area contributed by atoms with Gasteiger partial charge in [-0.05, 0) is 60.9 Å². The first kappa shape index (κ1) is 27.0. The van der Waals surface area contributed by atoms with Crippen molar-refractivity contribution in [1.29, 1.82) is 0 Å². The first-order chi connectivity index (χ1) is 16.3. The highest BCUT2D eigenvalue weighted by Gasteiger charge is 2.13. The number of rotatable bonds is 12. The summed E-state index contributed by atoms with van der Waals surface area (Å²) in [5, 5.41) is 5.37. The van der Waals surface area contributed by atoms with Crippen molar-refractivity contribution in [2.45, 2.75) is 46.0 Å². The number of benzene rings is 2. The first-order valence-electron chi connectivity index (χ1n) is 11.1. The third-order valence-electron chi connectivity index (χ3n) is 4.78. The molecule has 2 aromatic carbocycles. The Morgan fingerprint density at radius 1 is 0.882 bits per heavy atom. The van der Waals surface area contributed by atoms with Crippen LogP contribution < -0.4 is 10.6 Å². The van der Waals surface area contributed by atoms with E-state index in [0.29, 0.717) is 23.5 Å². The van der Waals surface area contributed by atoms with Gasteiger partial charge in [0.2, 0.25) is 5.91 Å². The summed E-state index contributed by atoms with van der Waals surface area (Å²) in [6.45, 7) is 3.92. The van der Waals surface area contributed by atoms with Crippen LogP contribution in [0.3, 0.4) is 0 Å². The number of aryl methyl sites for hydroxylation is 1. The zero-order chi connectivity index (χ0) is 24.9. The predicted octanol–water partition coefficient (Wildman–Crippen LogP) is 4.87. The van der Waals surface area contributed by atoms with Gasteiger partial charge in [0.05, 0.1) is 18.6 Å². The van der Waals surface area contributed by atoms with Crippen LogP contribution in [0.2, 0.25) is 0 Å². The van der Waals surface area contributed by atoms with Crippen molar-refractivity contribution >= 4 is 51.1 Å². The van der Waals surface area contributed by atoms with Crippen molar-refractivity contribution in [3.8, 4) is 0 Å². The van der Waals surface area contributed by atoms with Crippen LogP contribution in [0.1, 0.15) is 55.5 Å². The molecular weight excluding hydrogens is 504 g/mol. The number of unbranched alkanes of at least 4 members (excludes halogenated alkanes) is 1. The quantitative estimate of drug-likeness (QED) is 0.298. The molecule has 182 valence electrons. The molecule has 2 rings (SSSR count). The van der Waals surface area contributed by atoms with Gasteiger partial charge in [0.15, 0.2) is 6.61 Å². The number of hydrogen-bond acceptors (Lipinski definition) is 6. The minimum atomic E-state index is -0.651. The molecule has 2 aromatic rings. The molecule has 0 unspecified atom stereocenters. The van der Waals surface area contributed by atoms with Crippen molar-refractivity contribution in [2.75, 3.05) is 23.8 Å². The summed E-state index contributed by atoms with van der Waals surface area (Å²) in [5.74, 6) is -1.91. The van der Waals surface area contributed by atoms with Crippen LogP contribution in [0.5, 0.6) is 0 Å². The number of carbonyl (C=O) groups is 4. The summed E-state index contributed by atoms with van der Waals surface area (Å²) in [4.78, 5) is 48.0. The molecule has 0 aromatic heterocycles. The van der Waals surface area contributed by atoms with Crippen LogP contribution in [-0.4, -0.2) is 37.0 Å². The molecule has 0 aliphatic carbocycles. The monoisotopic (exact) mass is 532 g/mol. The number of ether oxygens (including phenoxy) is 2. The van der Waals surface area contributed by atoms with Gasteiger partial charge in [0.1, 0.15) is 0 Å². The molecular formula is C25H29BrN2O6. The molecule has 8 nitrogen and oxygen atoms in total. The summed E-state index contributed by atoms with van der Waals surface area (Å²) < 4.78 is 11.0. The maximum absolute atomic E-state index is 12.1. The number of esters is 2. The van der Waals surface area contributed by atoms with E-state index < -0.39 is 24.5 Å². The van der Waals surface area contributed by atoms with E-state index in [2.05, 4.69) is 26.6 Å². The lowest BCUT2D eigenvalue weighted by atomic mass is 10.1. The van der Waals surface area contributed by atoms with Crippen LogP contribution in [0.4, 0.5) is 11.4 Å². The van der Waals surface area contributed by atoms with Gasteiger partial charge < -0.3 is 20.1 Å². The lowest BCUT2D eigenvalue weighted by Gasteiger charge is -2.11. The molecule has 2 amide bonds. The smallest absolute Gasteiger partial charge is 0.338 e. The molecule has 0 radical (unpaired) electrons. The van der Waals surface area contributed by atoms with Crippen LogP contribution in [0, 0.1) is 0 Å². The van der Waals surface area contributed by atoms with Gasteiger partial charge in [0, 0.05) is 22.3 Å². The van der Waals surface area contributed by atoms with Crippen LogP contribution >= 0.6 is 15.9 Å². The molecule has 9 heteroatoms. The van der Waals surface area contributed by atoms with Crippen molar-refractivity contribution in [2.24, 2.45) is 0 Å². The van der Waals surface area contributed by atoms with E-state index in [1.165, 1.54) is 0 Å². The fourth-order valence-electron chi connectivity index (χ4n) is 2.90. The molecule has 0 heterocycles. The predicted molar refractivity (Wildman–Crippen MR) is 133 cm³/mol. The highest BCUT2D eigenvalue weighted by Crippen LogP contribution is 2.21. The van der Waals surface area contributed by atoms with Crippen LogP contribution in [0.15, 0.2) is 46.9 Å². The molecule has 0 spiro atoms. The number of anilines is 2. The Kier molecular flexibility index (Phi) is 11.3. The highest BCUT2D eigenvalue weighted by molar-refractivity contribution is 9.10. The van der Waals surface area contributed by atoms with E-state index in [-0.39, 0.29) is 18.7 Å². The maximum Gasteiger partial charge on any atom is 0.338 e. The molecule has 2 N–H and O–H groups in total. The van der Waals surface area contributed by atoms with Crippen molar-refractivity contribution in [1.82, 2.24) is 0 Å². The van der Waals surface area contributed by atoms with Gasteiger partial charge in [-0.3, -0.25) is 14.4 Å². The standard InChI is InChI=1S/C25H29BrN2O6/c1-3-5-14-33-25(32)18-6-9-20(10-7-18)27-22(29)12-13-24(31)34-16-23(30)28-21-11-8-19(26)15-17(21)4-2/h6-11,15H,3-5,12-14,16H2,1-2H3,(H,27,29)(H,28,30). The van der Waals surface area contributed by atoms with Gasteiger partial charge in [-0.25, -0.2) is 4.79 Å². The molecule has 0 saturated carbocycles. The van der Waals surface area contributed by atoms with Gasteiger partial charge in [-0.2, -0.15) is 0 Å². The normalized spacial score (nSPS) is 10.3. The third kappa shape index (κ3) is 9.35. The molecule has 0 bridgehead atoms. The van der Waals surface area contributed by atoms with E-state index in [1.807, 2.05) is 26.0 Å². The molecule has 34 heavy (non-hydrogen) atoms. The van der Waals surface area contributed by atoms with E-state index in [4.69, 9.17) is 9.47 Å². The minimum absolute atomic E-state index is 0.103. The number of nitrogens with one attached hydrogen (secondary N) is 2. The van der Waals surface area contributed by atoms with Crippen molar-refractivity contribution < 1.29 is 28.7 Å². The van der Waals surface area contributed by atoms with Crippen molar-refractivity contribution in [3.05, 3.63) is 58.1 Å². The third-order valence-corrected chi connectivity index (χ3v) is 5.27. The average molecular weight is 533 g/mol. The number of halogens is 1. The van der Waals surface area contributed by atoms with Crippen LogP contribution in [0.25, 0.3) is 0 Å². The van der Waals surface area contributed by atoms with E-state index >= 15 is 0 Å². The molecule has 0 aliphatic heterocycles. The summed E-state index contributed by atoms with van der Waals surface area (Å²) in [6, 6.07) is 11.8. The Hall–Kier alpha value is -3.20. The Bertz CT molecular complexity index is 1010. The summed E-state index contributed by atoms with van der Waals surface area (Å²) in [5.41, 5.74) is 2.49. The largest absolute Gasteiger partial charge is 0.462 e. The van der Waals surface area contributed by atoms with Gasteiger partial charge in [-0.1, -0.05) is 36.2 Å². The summed E-state index contributed by atoms with van der Waals surface area (Å²) in [7, 11) is 0. The fraction of sp³-hybridized carbons (Fsp3) is 0.360. The fourth-order valence-corrected chi connectivity index (χ4v) is 3.31. The van der Waals surface area contributed by atoms with E-state index in [1.54, 1.807) is 30.3 Å². The van der Waals surface area contributed by atoms with E-state index in [0.717, 1.165) is 29.3 Å². The minimum Gasteiger partial charge on any atom is -0.462 e. The second-order valence-electron chi connectivity index (χ2n) is 7.48. The molecule has 0 aliphatic rings. The van der Waals surface area contributed by atoms with E-state index in [9.17, 15) is 19.2 Å². The van der Waals surface area contributed by atoms with Gasteiger partial charge in [-0.15, -0.1) is 0 Å². The number of hydrogen-bond donors (Lipinski definition) is 2. The summed E-state index contributed by atoms with van der Waals surface area (Å²) >= 11 is 3.39. The summed E-state index contributed by atoms with van der Waals surface area (Å²) in [6.07, 6.45) is 2.20. The Labute approximate surface area is 207 Å². The topological polar surface area (TPSA) is 111 Å². The van der Waals surface area contributed by atoms with Gasteiger partial charge in [0.25, 0.3) is 5.91 Å². The highest BCUT2D eigenvalue weighted by atomic mass is 79.9. The number of amides is 2. The van der Waals surface area contributed by atoms with Crippen molar-refractivity contribution in [3.63, 3.8) is 0 Å². The molecule has 0 saturated heterocycles. The zero-order valence-electron chi connectivity index (χ0n) is 19.3. The Balaban J connectivity index is 1.71. The Morgan fingerprint density at radius 2 is 1.62 bits per heavy atom. The first-order valence-corrected chi connectivity index (χ1v) is 11.9. The maximum atomic E-state index is 12.1.